The van der Waals surface area contributed by atoms with Gasteiger partial charge in [-0.2, -0.15) is 5.26 Å². The van der Waals surface area contributed by atoms with Crippen LogP contribution in [0, 0.1) is 11.3 Å². The highest BCUT2D eigenvalue weighted by Crippen LogP contribution is 2.22. The number of rotatable bonds is 2. The smallest absolute Gasteiger partial charge is 0.409 e. The lowest BCUT2D eigenvalue weighted by atomic mass is 10.2. The lowest BCUT2D eigenvalue weighted by molar-refractivity contribution is 0.204. The normalized spacial score (nSPS) is 8.80. The Morgan fingerprint density at radius 3 is 3.00 bits per heavy atom. The van der Waals surface area contributed by atoms with Crippen LogP contribution in [0.1, 0.15) is 5.56 Å². The van der Waals surface area contributed by atoms with Crippen LogP contribution in [0.25, 0.3) is 0 Å². The lowest BCUT2D eigenvalue weighted by Gasteiger charge is -2.05. The Balaban J connectivity index is 2.90. The fourth-order valence-corrected chi connectivity index (χ4v) is 1.25. The van der Waals surface area contributed by atoms with Crippen molar-refractivity contribution in [3.05, 3.63) is 41.0 Å². The van der Waals surface area contributed by atoms with Crippen LogP contribution >= 0.6 is 15.9 Å². The number of hydrogen-bond donors (Lipinski definition) is 1. The van der Waals surface area contributed by atoms with Gasteiger partial charge in [0, 0.05) is 4.47 Å². The molecule has 4 nitrogen and oxygen atoms in total. The second-order valence-electron chi connectivity index (χ2n) is 2.49. The number of nitrogens with one attached hydrogen (secondary N) is 1. The Labute approximate surface area is 95.3 Å². The molecule has 0 fully saturated rings. The predicted molar refractivity (Wildman–Crippen MR) is 58.2 cm³/mol. The molecule has 0 aromatic heterocycles. The van der Waals surface area contributed by atoms with Crippen LogP contribution in [0.3, 0.4) is 0 Å². The molecule has 1 N–H and O–H groups in total. The lowest BCUT2D eigenvalue weighted by Crippen LogP contribution is -2.21. The van der Waals surface area contributed by atoms with E-state index in [0.717, 1.165) is 4.47 Å². The van der Waals surface area contributed by atoms with Crippen molar-refractivity contribution in [1.82, 2.24) is 5.32 Å². The van der Waals surface area contributed by atoms with Gasteiger partial charge in [0.2, 0.25) is 0 Å². The van der Waals surface area contributed by atoms with Crippen LogP contribution < -0.4 is 10.1 Å². The molecule has 0 saturated heterocycles. The van der Waals surface area contributed by atoms with Crippen molar-refractivity contribution in [3.8, 4) is 11.8 Å². The molecule has 0 aliphatic carbocycles. The van der Waals surface area contributed by atoms with E-state index >= 15 is 0 Å². The van der Waals surface area contributed by atoms with E-state index in [4.69, 9.17) is 10.00 Å². The van der Waals surface area contributed by atoms with Crippen molar-refractivity contribution in [3.63, 3.8) is 0 Å². The Morgan fingerprint density at radius 1 is 1.67 bits per heavy atom. The minimum Gasteiger partial charge on any atom is -0.409 e. The number of hydrogen-bond acceptors (Lipinski definition) is 3. The molecule has 1 rings (SSSR count). The molecule has 76 valence electrons. The van der Waals surface area contributed by atoms with Gasteiger partial charge in [0.05, 0.1) is 5.56 Å². The molecular formula is C10H7BrN2O2. The van der Waals surface area contributed by atoms with E-state index in [0.29, 0.717) is 0 Å². The summed E-state index contributed by atoms with van der Waals surface area (Å²) in [5.74, 6) is 0.208. The van der Waals surface area contributed by atoms with Gasteiger partial charge in [-0.3, -0.25) is 5.32 Å². The number of ether oxygens (including phenoxy) is 1. The summed E-state index contributed by atoms with van der Waals surface area (Å²) in [5.41, 5.74) is 0.281. The Kier molecular flexibility index (Phi) is 3.89. The number of amides is 1. The maximum atomic E-state index is 11.0. The summed E-state index contributed by atoms with van der Waals surface area (Å²) in [7, 11) is 0. The first kappa shape index (κ1) is 11.3. The van der Waals surface area contributed by atoms with Crippen LogP contribution in [0.5, 0.6) is 5.75 Å². The molecule has 0 radical (unpaired) electrons. The summed E-state index contributed by atoms with van der Waals surface area (Å²) in [6.07, 6.45) is 0.525. The Hall–Kier alpha value is -1.80. The third kappa shape index (κ3) is 3.11. The summed E-state index contributed by atoms with van der Waals surface area (Å²) in [6.45, 7) is 3.31. The van der Waals surface area contributed by atoms with E-state index in [-0.39, 0.29) is 11.3 Å². The van der Waals surface area contributed by atoms with Crippen molar-refractivity contribution >= 4 is 22.0 Å². The largest absolute Gasteiger partial charge is 0.416 e. The highest BCUT2D eigenvalue weighted by Gasteiger charge is 2.07. The van der Waals surface area contributed by atoms with Crippen LogP contribution in [-0.2, 0) is 0 Å². The molecule has 0 bridgehead atoms. The van der Waals surface area contributed by atoms with Crippen molar-refractivity contribution in [2.24, 2.45) is 0 Å². The third-order valence-electron chi connectivity index (χ3n) is 1.48. The minimum absolute atomic E-state index is 0.208. The van der Waals surface area contributed by atoms with E-state index in [1.165, 1.54) is 12.3 Å². The van der Waals surface area contributed by atoms with Crippen molar-refractivity contribution in [2.75, 3.05) is 0 Å². The maximum Gasteiger partial charge on any atom is 0.416 e. The van der Waals surface area contributed by atoms with Gasteiger partial charge in [-0.15, -0.1) is 0 Å². The van der Waals surface area contributed by atoms with E-state index in [1.807, 2.05) is 6.07 Å². The van der Waals surface area contributed by atoms with E-state index in [1.54, 1.807) is 12.1 Å². The van der Waals surface area contributed by atoms with E-state index in [9.17, 15) is 4.79 Å². The first-order valence-electron chi connectivity index (χ1n) is 3.96. The number of benzene rings is 1. The molecule has 0 atom stereocenters. The van der Waals surface area contributed by atoms with E-state index < -0.39 is 6.09 Å². The molecule has 0 unspecified atom stereocenters. The van der Waals surface area contributed by atoms with Crippen LogP contribution in [0.2, 0.25) is 0 Å². The fraction of sp³-hybridized carbons (Fsp3) is 0. The van der Waals surface area contributed by atoms with Gasteiger partial charge in [0.1, 0.15) is 6.07 Å². The monoisotopic (exact) mass is 266 g/mol. The zero-order valence-electron chi connectivity index (χ0n) is 7.66. The molecule has 1 aromatic rings. The van der Waals surface area contributed by atoms with E-state index in [2.05, 4.69) is 27.8 Å². The SMILES string of the molecule is C=CNC(=O)Oc1ccc(Br)cc1C#N. The molecule has 0 spiro atoms. The summed E-state index contributed by atoms with van der Waals surface area (Å²) in [5, 5.41) is 11.0. The highest BCUT2D eigenvalue weighted by molar-refractivity contribution is 9.10. The highest BCUT2D eigenvalue weighted by atomic mass is 79.9. The molecule has 15 heavy (non-hydrogen) atoms. The van der Waals surface area contributed by atoms with Crippen molar-refractivity contribution in [1.29, 1.82) is 5.26 Å². The molecule has 1 aromatic carbocycles. The number of carbonyl (C=O) groups excluding carboxylic acids is 1. The van der Waals surface area contributed by atoms with Gasteiger partial charge in [-0.25, -0.2) is 4.79 Å². The third-order valence-corrected chi connectivity index (χ3v) is 1.98. The zero-order chi connectivity index (χ0) is 11.3. The quantitative estimate of drug-likeness (QED) is 0.895. The van der Waals surface area contributed by atoms with Gasteiger partial charge >= 0.3 is 6.09 Å². The summed E-state index contributed by atoms with van der Waals surface area (Å²) in [6, 6.07) is 6.70. The van der Waals surface area contributed by atoms with Crippen LogP contribution in [-0.4, -0.2) is 6.09 Å². The Bertz CT molecular complexity index is 438. The fourth-order valence-electron chi connectivity index (χ4n) is 0.891. The summed E-state index contributed by atoms with van der Waals surface area (Å²) < 4.78 is 5.61. The molecule has 0 aliphatic rings. The summed E-state index contributed by atoms with van der Waals surface area (Å²) in [4.78, 5) is 11.0. The first-order chi connectivity index (χ1) is 7.17. The van der Waals surface area contributed by atoms with Gasteiger partial charge in [0.15, 0.2) is 5.75 Å². The zero-order valence-corrected chi connectivity index (χ0v) is 9.24. The van der Waals surface area contributed by atoms with Gasteiger partial charge in [-0.05, 0) is 24.4 Å². The second-order valence-corrected chi connectivity index (χ2v) is 3.41. The summed E-state index contributed by atoms with van der Waals surface area (Å²) >= 11 is 3.21. The number of carbonyl (C=O) groups is 1. The average molecular weight is 267 g/mol. The number of nitrogens with zero attached hydrogens (tertiary/aromatic N) is 1. The molecule has 1 amide bonds. The van der Waals surface area contributed by atoms with Crippen molar-refractivity contribution in [2.45, 2.75) is 0 Å². The number of nitriles is 1. The van der Waals surface area contributed by atoms with Crippen LogP contribution in [0.4, 0.5) is 4.79 Å². The van der Waals surface area contributed by atoms with Gasteiger partial charge < -0.3 is 4.74 Å². The molecular weight excluding hydrogens is 260 g/mol. The standard InChI is InChI=1S/C10H7BrN2O2/c1-2-13-10(14)15-9-4-3-8(11)5-7(9)6-12/h2-5H,1H2,(H,13,14). The second kappa shape index (κ2) is 5.17. The molecule has 0 saturated carbocycles. The number of halogens is 1. The first-order valence-corrected chi connectivity index (χ1v) is 4.75. The minimum atomic E-state index is -0.677. The van der Waals surface area contributed by atoms with Gasteiger partial charge in [-0.1, -0.05) is 22.5 Å². The predicted octanol–water partition coefficient (Wildman–Crippen LogP) is 2.55. The Morgan fingerprint density at radius 2 is 2.40 bits per heavy atom. The van der Waals surface area contributed by atoms with Crippen molar-refractivity contribution < 1.29 is 9.53 Å². The topological polar surface area (TPSA) is 62.1 Å². The average Bonchev–Trinajstić information content (AvgIpc) is 2.21. The van der Waals surface area contributed by atoms with Gasteiger partial charge in [0.25, 0.3) is 0 Å². The maximum absolute atomic E-state index is 11.0. The van der Waals surface area contributed by atoms with Crippen LogP contribution in [0.15, 0.2) is 35.5 Å². The molecule has 0 heterocycles. The molecule has 5 heteroatoms. The molecule has 0 aliphatic heterocycles.